The number of unbranched alkanes of at least 4 members (excludes halogenated alkanes) is 1. The molecular formula is C18H18BrF3O. The molecule has 0 heterocycles. The van der Waals surface area contributed by atoms with Crippen molar-refractivity contribution in [2.24, 2.45) is 0 Å². The highest BCUT2D eigenvalue weighted by molar-refractivity contribution is 9.09. The average Bonchev–Trinajstić information content (AvgIpc) is 2.51. The summed E-state index contributed by atoms with van der Waals surface area (Å²) in [6.07, 6.45) is -2.27. The van der Waals surface area contributed by atoms with Crippen LogP contribution in [0.25, 0.3) is 11.1 Å². The smallest absolute Gasteiger partial charge is 0.416 e. The summed E-state index contributed by atoms with van der Waals surface area (Å²) < 4.78 is 43.5. The van der Waals surface area contributed by atoms with E-state index < -0.39 is 11.7 Å². The van der Waals surface area contributed by atoms with E-state index in [1.54, 1.807) is 0 Å². The second-order valence-electron chi connectivity index (χ2n) is 5.30. The molecule has 0 radical (unpaired) electrons. The molecule has 0 spiro atoms. The Morgan fingerprint density at radius 3 is 2.26 bits per heavy atom. The van der Waals surface area contributed by atoms with Gasteiger partial charge in [0.25, 0.3) is 0 Å². The normalized spacial score (nSPS) is 11.5. The molecule has 0 fully saturated rings. The fourth-order valence-electron chi connectivity index (χ4n) is 2.28. The van der Waals surface area contributed by atoms with Gasteiger partial charge in [-0.1, -0.05) is 34.1 Å². The number of ether oxygens (including phenoxy) is 1. The third kappa shape index (κ3) is 4.99. The Bertz CT molecular complexity index is 636. The van der Waals surface area contributed by atoms with Gasteiger partial charge in [-0.15, -0.1) is 0 Å². The standard InChI is InChI=1S/C18H18BrF3O/c1-13-12-16(23-11-3-2-10-19)8-9-17(13)14-4-6-15(7-5-14)18(20,21)22/h4-9,12H,2-3,10-11H2,1H3. The number of benzene rings is 2. The van der Waals surface area contributed by atoms with Crippen LogP contribution in [0, 0.1) is 6.92 Å². The van der Waals surface area contributed by atoms with E-state index in [-0.39, 0.29) is 0 Å². The number of rotatable bonds is 6. The Labute approximate surface area is 142 Å². The van der Waals surface area contributed by atoms with E-state index in [0.29, 0.717) is 6.61 Å². The molecule has 0 aliphatic carbocycles. The van der Waals surface area contributed by atoms with E-state index in [4.69, 9.17) is 4.74 Å². The summed E-state index contributed by atoms with van der Waals surface area (Å²) in [7, 11) is 0. The average molecular weight is 387 g/mol. The fourth-order valence-corrected chi connectivity index (χ4v) is 2.67. The van der Waals surface area contributed by atoms with Crippen LogP contribution in [-0.4, -0.2) is 11.9 Å². The molecule has 124 valence electrons. The molecule has 2 rings (SSSR count). The number of alkyl halides is 4. The summed E-state index contributed by atoms with van der Waals surface area (Å²) in [4.78, 5) is 0. The van der Waals surface area contributed by atoms with E-state index >= 15 is 0 Å². The van der Waals surface area contributed by atoms with Gasteiger partial charge in [0, 0.05) is 5.33 Å². The molecule has 0 aromatic heterocycles. The molecule has 0 aliphatic heterocycles. The largest absolute Gasteiger partial charge is 0.494 e. The van der Waals surface area contributed by atoms with Gasteiger partial charge in [-0.3, -0.25) is 0 Å². The molecular weight excluding hydrogens is 369 g/mol. The van der Waals surface area contributed by atoms with E-state index in [9.17, 15) is 13.2 Å². The lowest BCUT2D eigenvalue weighted by molar-refractivity contribution is -0.137. The Balaban J connectivity index is 2.11. The predicted octanol–water partition coefficient (Wildman–Crippen LogP) is 6.23. The lowest BCUT2D eigenvalue weighted by atomic mass is 9.99. The monoisotopic (exact) mass is 386 g/mol. The van der Waals surface area contributed by atoms with Crippen molar-refractivity contribution in [2.45, 2.75) is 25.9 Å². The first-order chi connectivity index (χ1) is 10.9. The minimum absolute atomic E-state index is 0.634. The number of halogens is 4. The minimum Gasteiger partial charge on any atom is -0.494 e. The topological polar surface area (TPSA) is 9.23 Å². The maximum Gasteiger partial charge on any atom is 0.416 e. The van der Waals surface area contributed by atoms with Crippen LogP contribution < -0.4 is 4.74 Å². The van der Waals surface area contributed by atoms with Crippen molar-refractivity contribution in [1.82, 2.24) is 0 Å². The molecule has 23 heavy (non-hydrogen) atoms. The van der Waals surface area contributed by atoms with E-state index in [1.807, 2.05) is 25.1 Å². The van der Waals surface area contributed by atoms with Gasteiger partial charge in [-0.25, -0.2) is 0 Å². The van der Waals surface area contributed by atoms with E-state index in [0.717, 1.165) is 52.7 Å². The maximum absolute atomic E-state index is 12.6. The summed E-state index contributed by atoms with van der Waals surface area (Å²) in [6.45, 7) is 2.59. The van der Waals surface area contributed by atoms with Crippen molar-refractivity contribution < 1.29 is 17.9 Å². The lowest BCUT2D eigenvalue weighted by Gasteiger charge is -2.12. The molecule has 2 aromatic rings. The molecule has 0 saturated heterocycles. The highest BCUT2D eigenvalue weighted by atomic mass is 79.9. The van der Waals surface area contributed by atoms with Crippen LogP contribution in [0.3, 0.4) is 0 Å². The fraction of sp³-hybridized carbons (Fsp3) is 0.333. The van der Waals surface area contributed by atoms with Crippen molar-refractivity contribution in [2.75, 3.05) is 11.9 Å². The summed E-state index contributed by atoms with van der Waals surface area (Å²) in [6, 6.07) is 10.9. The quantitative estimate of drug-likeness (QED) is 0.422. The van der Waals surface area contributed by atoms with Crippen LogP contribution in [0.1, 0.15) is 24.0 Å². The molecule has 0 bridgehead atoms. The SMILES string of the molecule is Cc1cc(OCCCCBr)ccc1-c1ccc(C(F)(F)F)cc1. The van der Waals surface area contributed by atoms with Gasteiger partial charge in [0.05, 0.1) is 12.2 Å². The first kappa shape index (κ1) is 17.9. The summed E-state index contributed by atoms with van der Waals surface area (Å²) in [5.74, 6) is 0.785. The van der Waals surface area contributed by atoms with Crippen LogP contribution >= 0.6 is 15.9 Å². The lowest BCUT2D eigenvalue weighted by Crippen LogP contribution is -2.04. The number of hydrogen-bond donors (Lipinski definition) is 0. The Morgan fingerprint density at radius 1 is 1.00 bits per heavy atom. The van der Waals surface area contributed by atoms with Gasteiger partial charge in [-0.05, 0) is 60.7 Å². The van der Waals surface area contributed by atoms with Crippen LogP contribution in [-0.2, 0) is 6.18 Å². The first-order valence-corrected chi connectivity index (χ1v) is 8.51. The minimum atomic E-state index is -4.31. The molecule has 0 amide bonds. The zero-order chi connectivity index (χ0) is 16.9. The van der Waals surface area contributed by atoms with Crippen molar-refractivity contribution in [3.05, 3.63) is 53.6 Å². The van der Waals surface area contributed by atoms with E-state index in [1.165, 1.54) is 12.1 Å². The summed E-state index contributed by atoms with van der Waals surface area (Å²) >= 11 is 3.37. The second kappa shape index (κ2) is 7.86. The zero-order valence-corrected chi connectivity index (χ0v) is 14.4. The number of aryl methyl sites for hydroxylation is 1. The second-order valence-corrected chi connectivity index (χ2v) is 6.09. The highest BCUT2D eigenvalue weighted by Gasteiger charge is 2.29. The predicted molar refractivity (Wildman–Crippen MR) is 90.1 cm³/mol. The first-order valence-electron chi connectivity index (χ1n) is 7.39. The molecule has 5 heteroatoms. The van der Waals surface area contributed by atoms with Gasteiger partial charge in [-0.2, -0.15) is 13.2 Å². The number of hydrogen-bond acceptors (Lipinski definition) is 1. The van der Waals surface area contributed by atoms with Crippen LogP contribution in [0.2, 0.25) is 0 Å². The molecule has 0 unspecified atom stereocenters. The van der Waals surface area contributed by atoms with Gasteiger partial charge in [0.1, 0.15) is 5.75 Å². The third-order valence-electron chi connectivity index (χ3n) is 3.52. The molecule has 0 aliphatic rings. The molecule has 0 atom stereocenters. The van der Waals surface area contributed by atoms with Crippen molar-refractivity contribution >= 4 is 15.9 Å². The van der Waals surface area contributed by atoms with Gasteiger partial charge in [0.2, 0.25) is 0 Å². The third-order valence-corrected chi connectivity index (χ3v) is 4.08. The Hall–Kier alpha value is -1.49. The molecule has 2 aromatic carbocycles. The Morgan fingerprint density at radius 2 is 1.70 bits per heavy atom. The zero-order valence-electron chi connectivity index (χ0n) is 12.8. The van der Waals surface area contributed by atoms with Gasteiger partial charge in [0.15, 0.2) is 0 Å². The van der Waals surface area contributed by atoms with Crippen LogP contribution in [0.15, 0.2) is 42.5 Å². The van der Waals surface area contributed by atoms with Crippen LogP contribution in [0.4, 0.5) is 13.2 Å². The molecule has 0 N–H and O–H groups in total. The van der Waals surface area contributed by atoms with Crippen LogP contribution in [0.5, 0.6) is 5.75 Å². The Kier molecular flexibility index (Phi) is 6.10. The highest BCUT2D eigenvalue weighted by Crippen LogP contribution is 2.32. The van der Waals surface area contributed by atoms with Gasteiger partial charge < -0.3 is 4.74 Å². The van der Waals surface area contributed by atoms with Gasteiger partial charge >= 0.3 is 6.18 Å². The molecule has 0 saturated carbocycles. The molecule has 1 nitrogen and oxygen atoms in total. The van der Waals surface area contributed by atoms with E-state index in [2.05, 4.69) is 15.9 Å². The van der Waals surface area contributed by atoms with Crippen molar-refractivity contribution in [3.63, 3.8) is 0 Å². The maximum atomic E-state index is 12.6. The summed E-state index contributed by atoms with van der Waals surface area (Å²) in [5, 5.41) is 0.961. The van der Waals surface area contributed by atoms with Crippen molar-refractivity contribution in [3.8, 4) is 16.9 Å². The van der Waals surface area contributed by atoms with Crippen molar-refractivity contribution in [1.29, 1.82) is 0 Å². The summed E-state index contributed by atoms with van der Waals surface area (Å²) in [5.41, 5.74) is 2.02.